The number of anilines is 1. The van der Waals surface area contributed by atoms with E-state index in [4.69, 9.17) is 10.00 Å². The third-order valence-corrected chi connectivity index (χ3v) is 4.12. The van der Waals surface area contributed by atoms with E-state index in [1.807, 2.05) is 48.5 Å². The zero-order valence-electron chi connectivity index (χ0n) is 13.4. The lowest BCUT2D eigenvalue weighted by atomic mass is 10.1. The van der Waals surface area contributed by atoms with Crippen LogP contribution in [0.1, 0.15) is 12.5 Å². The number of rotatable bonds is 4. The minimum absolute atomic E-state index is 0.0606. The maximum Gasteiger partial charge on any atom is 0.280 e. The molecule has 0 unspecified atom stereocenters. The monoisotopic (exact) mass is 395 g/mol. The van der Waals surface area contributed by atoms with E-state index >= 15 is 0 Å². The van der Waals surface area contributed by atoms with Crippen molar-refractivity contribution in [3.05, 3.63) is 64.1 Å². The van der Waals surface area contributed by atoms with Gasteiger partial charge in [0.25, 0.3) is 5.91 Å². The largest absolute Gasteiger partial charge is 0.478 e. The lowest BCUT2D eigenvalue weighted by molar-refractivity contribution is -0.114. The molecule has 1 aliphatic rings. The molecule has 0 bridgehead atoms. The van der Waals surface area contributed by atoms with Crippen LogP contribution in [0.25, 0.3) is 6.08 Å². The molecule has 0 N–H and O–H groups in total. The summed E-state index contributed by atoms with van der Waals surface area (Å²) < 4.78 is 6.29. The highest BCUT2D eigenvalue weighted by atomic mass is 79.9. The van der Waals surface area contributed by atoms with Gasteiger partial charge < -0.3 is 4.74 Å². The van der Waals surface area contributed by atoms with Gasteiger partial charge in [0.1, 0.15) is 11.8 Å². The second-order valence-electron chi connectivity index (χ2n) is 5.32. The van der Waals surface area contributed by atoms with Crippen molar-refractivity contribution >= 4 is 39.3 Å². The molecule has 0 fully saturated rings. The van der Waals surface area contributed by atoms with Gasteiger partial charge in [-0.3, -0.25) is 4.79 Å². The minimum atomic E-state index is -0.199. The lowest BCUT2D eigenvalue weighted by Gasteiger charge is -2.11. The first-order valence-electron chi connectivity index (χ1n) is 7.56. The molecule has 2 aromatic carbocycles. The Labute approximate surface area is 154 Å². The van der Waals surface area contributed by atoms with Gasteiger partial charge in [0, 0.05) is 10.0 Å². The van der Waals surface area contributed by atoms with Crippen molar-refractivity contribution in [1.82, 2.24) is 0 Å². The number of hydrogen-bond acceptors (Lipinski definition) is 4. The van der Waals surface area contributed by atoms with Crippen LogP contribution in [-0.2, 0) is 4.79 Å². The van der Waals surface area contributed by atoms with E-state index < -0.39 is 0 Å². The fraction of sp³-hybridized carbons (Fsp3) is 0.105. The van der Waals surface area contributed by atoms with E-state index in [0.29, 0.717) is 28.3 Å². The van der Waals surface area contributed by atoms with E-state index in [0.717, 1.165) is 4.47 Å². The zero-order valence-corrected chi connectivity index (χ0v) is 15.0. The summed E-state index contributed by atoms with van der Waals surface area (Å²) in [5.41, 5.74) is 2.53. The molecule has 25 heavy (non-hydrogen) atoms. The molecule has 1 aliphatic heterocycles. The van der Waals surface area contributed by atoms with E-state index in [9.17, 15) is 4.79 Å². The molecule has 124 valence electrons. The van der Waals surface area contributed by atoms with E-state index in [2.05, 4.69) is 21.0 Å². The summed E-state index contributed by atoms with van der Waals surface area (Å²) in [7, 11) is 0. The van der Waals surface area contributed by atoms with Crippen LogP contribution in [0.3, 0.4) is 0 Å². The fourth-order valence-corrected chi connectivity index (χ4v) is 2.84. The SMILES string of the molecule is CC1=NN(c2ccccc2)C(=O)/C1=C\c1cc(Br)ccc1OCC#N. The zero-order chi connectivity index (χ0) is 17.8. The second kappa shape index (κ2) is 7.32. The van der Waals surface area contributed by atoms with Crippen LogP contribution in [0.2, 0.25) is 0 Å². The number of benzene rings is 2. The van der Waals surface area contributed by atoms with Crippen molar-refractivity contribution in [2.75, 3.05) is 11.6 Å². The van der Waals surface area contributed by atoms with Gasteiger partial charge in [0.05, 0.1) is 17.0 Å². The summed E-state index contributed by atoms with van der Waals surface area (Å²) in [6.45, 7) is 1.73. The number of para-hydroxylation sites is 1. The Morgan fingerprint density at radius 1 is 1.28 bits per heavy atom. The number of halogens is 1. The molecule has 0 aromatic heterocycles. The summed E-state index contributed by atoms with van der Waals surface area (Å²) in [5, 5.41) is 14.5. The predicted molar refractivity (Wildman–Crippen MR) is 100 cm³/mol. The van der Waals surface area contributed by atoms with Gasteiger partial charge >= 0.3 is 0 Å². The maximum absolute atomic E-state index is 12.8. The van der Waals surface area contributed by atoms with Crippen molar-refractivity contribution in [2.24, 2.45) is 5.10 Å². The van der Waals surface area contributed by atoms with Crippen molar-refractivity contribution in [2.45, 2.75) is 6.92 Å². The first-order chi connectivity index (χ1) is 12.1. The molecule has 0 atom stereocenters. The van der Waals surface area contributed by atoms with Crippen LogP contribution in [0.15, 0.2) is 63.7 Å². The standard InChI is InChI=1S/C19H14BrN3O2/c1-13-17(19(24)23(22-13)16-5-3-2-4-6-16)12-14-11-15(20)7-8-18(14)25-10-9-21/h2-8,11-12H,10H2,1H3/b17-12-. The van der Waals surface area contributed by atoms with Crippen LogP contribution in [0.4, 0.5) is 5.69 Å². The molecule has 0 radical (unpaired) electrons. The topological polar surface area (TPSA) is 65.7 Å². The highest BCUT2D eigenvalue weighted by molar-refractivity contribution is 9.10. The van der Waals surface area contributed by atoms with Gasteiger partial charge in [-0.2, -0.15) is 15.4 Å². The molecule has 0 saturated heterocycles. The molecular weight excluding hydrogens is 382 g/mol. The number of ether oxygens (including phenoxy) is 1. The predicted octanol–water partition coefficient (Wildman–Crippen LogP) is 4.16. The molecule has 0 saturated carbocycles. The van der Waals surface area contributed by atoms with Gasteiger partial charge in [-0.25, -0.2) is 0 Å². The molecule has 3 rings (SSSR count). The Morgan fingerprint density at radius 2 is 2.04 bits per heavy atom. The molecule has 1 heterocycles. The molecule has 0 aliphatic carbocycles. The number of nitrogens with zero attached hydrogens (tertiary/aromatic N) is 3. The summed E-state index contributed by atoms with van der Waals surface area (Å²) in [6, 6.07) is 16.6. The normalized spacial score (nSPS) is 15.2. The number of nitriles is 1. The van der Waals surface area contributed by atoms with Crippen molar-refractivity contribution < 1.29 is 9.53 Å². The van der Waals surface area contributed by atoms with Crippen molar-refractivity contribution in [3.63, 3.8) is 0 Å². The van der Waals surface area contributed by atoms with Crippen LogP contribution < -0.4 is 9.75 Å². The average Bonchev–Trinajstić information content (AvgIpc) is 2.90. The number of amides is 1. The fourth-order valence-electron chi connectivity index (χ4n) is 2.46. The first-order valence-corrected chi connectivity index (χ1v) is 8.35. The van der Waals surface area contributed by atoms with Crippen molar-refractivity contribution in [3.8, 4) is 11.8 Å². The Bertz CT molecular complexity index is 914. The molecule has 5 nitrogen and oxygen atoms in total. The highest BCUT2D eigenvalue weighted by Crippen LogP contribution is 2.29. The molecule has 6 heteroatoms. The van der Waals surface area contributed by atoms with Gasteiger partial charge in [-0.05, 0) is 43.3 Å². The summed E-state index contributed by atoms with van der Waals surface area (Å²) in [6.07, 6.45) is 1.74. The van der Waals surface area contributed by atoms with Crippen LogP contribution in [0.5, 0.6) is 5.75 Å². The third-order valence-electron chi connectivity index (χ3n) is 3.63. The third kappa shape index (κ3) is 3.62. The van der Waals surface area contributed by atoms with Crippen LogP contribution in [0, 0.1) is 11.3 Å². The minimum Gasteiger partial charge on any atom is -0.478 e. The number of hydrazone groups is 1. The Balaban J connectivity index is 1.97. The lowest BCUT2D eigenvalue weighted by Crippen LogP contribution is -2.21. The number of carbonyl (C=O) groups excluding carboxylic acids is 1. The Morgan fingerprint density at radius 3 is 2.76 bits per heavy atom. The van der Waals surface area contributed by atoms with E-state index in [1.54, 1.807) is 19.1 Å². The second-order valence-corrected chi connectivity index (χ2v) is 6.24. The van der Waals surface area contributed by atoms with Crippen molar-refractivity contribution in [1.29, 1.82) is 5.26 Å². The van der Waals surface area contributed by atoms with Gasteiger partial charge in [0.15, 0.2) is 6.61 Å². The maximum atomic E-state index is 12.8. The van der Waals surface area contributed by atoms with Crippen LogP contribution >= 0.6 is 15.9 Å². The quantitative estimate of drug-likeness (QED) is 0.729. The Kier molecular flexibility index (Phi) is 4.96. The summed E-state index contributed by atoms with van der Waals surface area (Å²) in [5.74, 6) is 0.339. The summed E-state index contributed by atoms with van der Waals surface area (Å²) >= 11 is 3.42. The van der Waals surface area contributed by atoms with E-state index in [1.165, 1.54) is 5.01 Å². The smallest absolute Gasteiger partial charge is 0.280 e. The highest BCUT2D eigenvalue weighted by Gasteiger charge is 2.28. The number of carbonyl (C=O) groups is 1. The van der Waals surface area contributed by atoms with Crippen LogP contribution in [-0.4, -0.2) is 18.2 Å². The van der Waals surface area contributed by atoms with E-state index in [-0.39, 0.29) is 12.5 Å². The number of hydrogen-bond donors (Lipinski definition) is 0. The van der Waals surface area contributed by atoms with Gasteiger partial charge in [0.2, 0.25) is 0 Å². The molecule has 2 aromatic rings. The average molecular weight is 396 g/mol. The molecule has 1 amide bonds. The van der Waals surface area contributed by atoms with Gasteiger partial charge in [-0.1, -0.05) is 34.1 Å². The first kappa shape index (κ1) is 16.9. The molecular formula is C19H14BrN3O2. The molecule has 0 spiro atoms. The van der Waals surface area contributed by atoms with Gasteiger partial charge in [-0.15, -0.1) is 0 Å². The Hall–Kier alpha value is -2.91. The summed E-state index contributed by atoms with van der Waals surface area (Å²) in [4.78, 5) is 12.8.